The SMILES string of the molecule is CCOc1ccc(NC(=O)c2cccc(NS(=O)(=O)c3ccccc3)c2C)cc1. The number of amides is 1. The van der Waals surface area contributed by atoms with Gasteiger partial charge < -0.3 is 10.1 Å². The molecule has 0 aliphatic carbocycles. The molecule has 3 rings (SSSR count). The summed E-state index contributed by atoms with van der Waals surface area (Å²) in [5.41, 5.74) is 1.89. The highest BCUT2D eigenvalue weighted by Gasteiger charge is 2.18. The Hall–Kier alpha value is -3.32. The largest absolute Gasteiger partial charge is 0.494 e. The average molecular weight is 410 g/mol. The summed E-state index contributed by atoms with van der Waals surface area (Å²) in [5, 5.41) is 2.82. The Bertz CT molecular complexity index is 1100. The number of ether oxygens (including phenoxy) is 1. The van der Waals surface area contributed by atoms with Gasteiger partial charge in [-0.1, -0.05) is 24.3 Å². The Balaban J connectivity index is 1.80. The highest BCUT2D eigenvalue weighted by Crippen LogP contribution is 2.24. The number of sulfonamides is 1. The average Bonchev–Trinajstić information content (AvgIpc) is 2.72. The molecule has 0 unspecified atom stereocenters. The van der Waals surface area contributed by atoms with Crippen molar-refractivity contribution in [1.82, 2.24) is 0 Å². The quantitative estimate of drug-likeness (QED) is 0.603. The van der Waals surface area contributed by atoms with E-state index in [0.29, 0.717) is 29.1 Å². The molecule has 0 saturated heterocycles. The third-order valence-corrected chi connectivity index (χ3v) is 5.68. The van der Waals surface area contributed by atoms with E-state index in [9.17, 15) is 13.2 Å². The molecule has 0 fully saturated rings. The lowest BCUT2D eigenvalue weighted by Gasteiger charge is -2.14. The van der Waals surface area contributed by atoms with Gasteiger partial charge in [-0.25, -0.2) is 8.42 Å². The van der Waals surface area contributed by atoms with Gasteiger partial charge in [0.25, 0.3) is 15.9 Å². The molecule has 3 aromatic rings. The van der Waals surface area contributed by atoms with Crippen LogP contribution >= 0.6 is 0 Å². The lowest BCUT2D eigenvalue weighted by Crippen LogP contribution is -2.17. The third-order valence-electron chi connectivity index (χ3n) is 4.30. The van der Waals surface area contributed by atoms with Gasteiger partial charge in [0.2, 0.25) is 0 Å². The molecule has 0 bridgehead atoms. The maximum atomic E-state index is 12.7. The van der Waals surface area contributed by atoms with Crippen molar-refractivity contribution in [2.45, 2.75) is 18.7 Å². The second-order valence-corrected chi connectivity index (χ2v) is 7.99. The minimum atomic E-state index is -3.74. The molecule has 7 heteroatoms. The molecule has 0 aliphatic rings. The fourth-order valence-corrected chi connectivity index (χ4v) is 3.94. The first kappa shape index (κ1) is 20.4. The van der Waals surface area contributed by atoms with Crippen LogP contribution in [0.5, 0.6) is 5.75 Å². The summed E-state index contributed by atoms with van der Waals surface area (Å²) in [7, 11) is -3.74. The van der Waals surface area contributed by atoms with E-state index >= 15 is 0 Å². The molecule has 2 N–H and O–H groups in total. The van der Waals surface area contributed by atoms with Gasteiger partial charge in [-0.15, -0.1) is 0 Å². The van der Waals surface area contributed by atoms with Crippen molar-refractivity contribution >= 4 is 27.3 Å². The van der Waals surface area contributed by atoms with E-state index in [1.165, 1.54) is 12.1 Å². The molecule has 29 heavy (non-hydrogen) atoms. The van der Waals surface area contributed by atoms with Crippen LogP contribution in [0, 0.1) is 6.92 Å². The van der Waals surface area contributed by atoms with E-state index in [4.69, 9.17) is 4.74 Å². The maximum Gasteiger partial charge on any atom is 0.261 e. The Labute approximate surface area is 170 Å². The van der Waals surface area contributed by atoms with E-state index < -0.39 is 10.0 Å². The monoisotopic (exact) mass is 410 g/mol. The summed E-state index contributed by atoms with van der Waals surface area (Å²) in [6.45, 7) is 4.17. The second-order valence-electron chi connectivity index (χ2n) is 6.31. The lowest BCUT2D eigenvalue weighted by atomic mass is 10.1. The first-order chi connectivity index (χ1) is 13.9. The highest BCUT2D eigenvalue weighted by molar-refractivity contribution is 7.92. The number of hydrogen-bond acceptors (Lipinski definition) is 4. The molecule has 6 nitrogen and oxygen atoms in total. The normalized spacial score (nSPS) is 11.0. The van der Waals surface area contributed by atoms with Crippen LogP contribution in [-0.2, 0) is 10.0 Å². The van der Waals surface area contributed by atoms with Crippen molar-refractivity contribution in [2.75, 3.05) is 16.6 Å². The molecule has 0 heterocycles. The zero-order valence-corrected chi connectivity index (χ0v) is 17.0. The molecule has 1 amide bonds. The van der Waals surface area contributed by atoms with E-state index in [-0.39, 0.29) is 10.8 Å². The van der Waals surface area contributed by atoms with Crippen molar-refractivity contribution in [1.29, 1.82) is 0 Å². The van der Waals surface area contributed by atoms with Gasteiger partial charge in [0.15, 0.2) is 0 Å². The molecule has 0 atom stereocenters. The smallest absolute Gasteiger partial charge is 0.261 e. The Kier molecular flexibility index (Phi) is 6.19. The Morgan fingerprint density at radius 3 is 2.28 bits per heavy atom. The Morgan fingerprint density at radius 2 is 1.62 bits per heavy atom. The number of benzene rings is 3. The van der Waals surface area contributed by atoms with E-state index in [2.05, 4.69) is 10.0 Å². The van der Waals surface area contributed by atoms with Gasteiger partial charge in [-0.2, -0.15) is 0 Å². The van der Waals surface area contributed by atoms with Gasteiger partial charge >= 0.3 is 0 Å². The van der Waals surface area contributed by atoms with Gasteiger partial charge in [0.1, 0.15) is 5.75 Å². The van der Waals surface area contributed by atoms with Crippen LogP contribution in [0.2, 0.25) is 0 Å². The third kappa shape index (κ3) is 4.94. The van der Waals surface area contributed by atoms with Gasteiger partial charge in [0, 0.05) is 11.3 Å². The van der Waals surface area contributed by atoms with Gasteiger partial charge in [-0.3, -0.25) is 9.52 Å². The van der Waals surface area contributed by atoms with Crippen LogP contribution in [-0.4, -0.2) is 20.9 Å². The first-order valence-electron chi connectivity index (χ1n) is 9.12. The number of carbonyl (C=O) groups excluding carboxylic acids is 1. The zero-order valence-electron chi connectivity index (χ0n) is 16.2. The van der Waals surface area contributed by atoms with Crippen LogP contribution in [0.1, 0.15) is 22.8 Å². The first-order valence-corrected chi connectivity index (χ1v) is 10.6. The van der Waals surface area contributed by atoms with Crippen molar-refractivity contribution < 1.29 is 17.9 Å². The number of hydrogen-bond donors (Lipinski definition) is 2. The molecular weight excluding hydrogens is 388 g/mol. The van der Waals surface area contributed by atoms with Crippen molar-refractivity contribution in [3.63, 3.8) is 0 Å². The predicted molar refractivity (Wildman–Crippen MR) is 114 cm³/mol. The summed E-state index contributed by atoms with van der Waals surface area (Å²) in [5.74, 6) is 0.395. The number of carbonyl (C=O) groups is 1. The lowest BCUT2D eigenvalue weighted by molar-refractivity contribution is 0.102. The molecule has 3 aromatic carbocycles. The van der Waals surface area contributed by atoms with Crippen LogP contribution in [0.4, 0.5) is 11.4 Å². The number of anilines is 2. The van der Waals surface area contributed by atoms with Crippen molar-refractivity contribution in [3.05, 3.63) is 83.9 Å². The van der Waals surface area contributed by atoms with Gasteiger partial charge in [0.05, 0.1) is 17.2 Å². The maximum absolute atomic E-state index is 12.7. The molecule has 0 radical (unpaired) electrons. The topological polar surface area (TPSA) is 84.5 Å². The molecule has 150 valence electrons. The van der Waals surface area contributed by atoms with E-state index in [1.807, 2.05) is 6.92 Å². The minimum Gasteiger partial charge on any atom is -0.494 e. The molecule has 0 saturated carbocycles. The number of nitrogens with one attached hydrogen (secondary N) is 2. The summed E-state index contributed by atoms with van der Waals surface area (Å²) in [6.07, 6.45) is 0. The van der Waals surface area contributed by atoms with E-state index in [1.54, 1.807) is 67.6 Å². The predicted octanol–water partition coefficient (Wildman–Crippen LogP) is 4.45. The van der Waals surface area contributed by atoms with Crippen LogP contribution in [0.25, 0.3) is 0 Å². The summed E-state index contributed by atoms with van der Waals surface area (Å²) >= 11 is 0. The molecule has 0 spiro atoms. The van der Waals surface area contributed by atoms with Crippen LogP contribution < -0.4 is 14.8 Å². The zero-order chi connectivity index (χ0) is 20.9. The van der Waals surface area contributed by atoms with Crippen molar-refractivity contribution in [3.8, 4) is 5.75 Å². The second kappa shape index (κ2) is 8.79. The van der Waals surface area contributed by atoms with Crippen LogP contribution in [0.15, 0.2) is 77.7 Å². The summed E-state index contributed by atoms with van der Waals surface area (Å²) in [4.78, 5) is 12.9. The van der Waals surface area contributed by atoms with Gasteiger partial charge in [-0.05, 0) is 67.9 Å². The molecule has 0 aliphatic heterocycles. The van der Waals surface area contributed by atoms with Crippen molar-refractivity contribution in [2.24, 2.45) is 0 Å². The van der Waals surface area contributed by atoms with Crippen LogP contribution in [0.3, 0.4) is 0 Å². The standard InChI is InChI=1S/C22H22N2O4S/c1-3-28-18-14-12-17(13-15-18)23-22(25)20-10-7-11-21(16(20)2)24-29(26,27)19-8-5-4-6-9-19/h4-15,24H,3H2,1-2H3,(H,23,25). The fourth-order valence-electron chi connectivity index (χ4n) is 2.80. The van der Waals surface area contributed by atoms with E-state index in [0.717, 1.165) is 5.75 Å². The minimum absolute atomic E-state index is 0.156. The summed E-state index contributed by atoms with van der Waals surface area (Å²) < 4.78 is 33.1. The Morgan fingerprint density at radius 1 is 0.931 bits per heavy atom. The molecular formula is C22H22N2O4S. The fraction of sp³-hybridized carbons (Fsp3) is 0.136. The highest BCUT2D eigenvalue weighted by atomic mass is 32.2. The molecule has 0 aromatic heterocycles. The number of rotatable bonds is 7. The summed E-state index contributed by atoms with van der Waals surface area (Å²) in [6, 6.07) is 20.1.